The summed E-state index contributed by atoms with van der Waals surface area (Å²) in [6.07, 6.45) is 18.9. The molecule has 2 aromatic heterocycles. The summed E-state index contributed by atoms with van der Waals surface area (Å²) in [4.78, 5) is 19.0. The lowest BCUT2D eigenvalue weighted by Crippen LogP contribution is -2.55. The quantitative estimate of drug-likeness (QED) is 0.240. The van der Waals surface area contributed by atoms with E-state index in [1.165, 1.54) is 22.6 Å². The Hall–Kier alpha value is -5.01. The minimum Gasteiger partial charge on any atom is -0.469 e. The maximum absolute atomic E-state index is 6.85. The molecule has 5 aliphatic rings. The Labute approximate surface area is 276 Å². The molecule has 1 N–H and O–H groups in total. The van der Waals surface area contributed by atoms with Gasteiger partial charge in [-0.25, -0.2) is 4.99 Å². The van der Waals surface area contributed by atoms with Crippen LogP contribution in [-0.4, -0.2) is 50.9 Å². The number of pyridine rings is 2. The Bertz CT molecular complexity index is 1890. The normalized spacial score (nSPS) is 28.1. The van der Waals surface area contributed by atoms with E-state index < -0.39 is 0 Å². The van der Waals surface area contributed by atoms with Crippen molar-refractivity contribution in [1.82, 2.24) is 25.1 Å². The lowest BCUT2D eigenvalue weighted by Gasteiger charge is -2.45. The van der Waals surface area contributed by atoms with Crippen molar-refractivity contribution in [3.63, 3.8) is 0 Å². The minimum atomic E-state index is -0.121. The summed E-state index contributed by atoms with van der Waals surface area (Å²) < 4.78 is 6.85. The monoisotopic (exact) mass is 618 g/mol. The molecule has 6 atom stereocenters. The van der Waals surface area contributed by atoms with Crippen LogP contribution in [0.25, 0.3) is 16.8 Å². The van der Waals surface area contributed by atoms with Crippen molar-refractivity contribution in [3.05, 3.63) is 150 Å². The van der Waals surface area contributed by atoms with Crippen LogP contribution < -0.4 is 5.32 Å². The fraction of sp³-hybridized carbons (Fsp3) is 0.275. The fourth-order valence-corrected chi connectivity index (χ4v) is 8.51. The molecule has 6 unspecified atom stereocenters. The number of hydrogen-bond acceptors (Lipinski definition) is 7. The molecule has 1 saturated heterocycles. The minimum absolute atomic E-state index is 0.0426. The summed E-state index contributed by atoms with van der Waals surface area (Å²) in [5.74, 6) is 2.87. The van der Waals surface area contributed by atoms with Crippen LogP contribution in [-0.2, 0) is 4.74 Å². The molecule has 2 aliphatic carbocycles. The van der Waals surface area contributed by atoms with Gasteiger partial charge in [-0.2, -0.15) is 0 Å². The maximum Gasteiger partial charge on any atom is 0.195 e. The average molecular weight is 619 g/mol. The second-order valence-electron chi connectivity index (χ2n) is 13.2. The van der Waals surface area contributed by atoms with Gasteiger partial charge in [0.25, 0.3) is 0 Å². The van der Waals surface area contributed by atoms with Gasteiger partial charge in [0, 0.05) is 72.4 Å². The number of fused-ring (bicyclic) bond motifs is 4. The van der Waals surface area contributed by atoms with Gasteiger partial charge in [-0.1, -0.05) is 66.7 Å². The Morgan fingerprint density at radius 1 is 0.766 bits per heavy atom. The van der Waals surface area contributed by atoms with E-state index >= 15 is 0 Å². The molecule has 5 heterocycles. The van der Waals surface area contributed by atoms with Crippen LogP contribution in [0.3, 0.4) is 0 Å². The summed E-state index contributed by atoms with van der Waals surface area (Å²) in [5, 5.41) is 3.76. The second-order valence-corrected chi connectivity index (χ2v) is 13.2. The molecule has 4 aromatic rings. The zero-order valence-corrected chi connectivity index (χ0v) is 26.5. The van der Waals surface area contributed by atoms with Gasteiger partial charge in [-0.3, -0.25) is 14.9 Å². The van der Waals surface area contributed by atoms with Gasteiger partial charge in [0.05, 0.1) is 11.4 Å². The molecular weight excluding hydrogens is 580 g/mol. The molecule has 0 saturated carbocycles. The number of hydrogen-bond donors (Lipinski definition) is 1. The van der Waals surface area contributed by atoms with Crippen LogP contribution >= 0.6 is 0 Å². The molecule has 1 fully saturated rings. The predicted octanol–water partition coefficient (Wildman–Crippen LogP) is 7.16. The van der Waals surface area contributed by atoms with Gasteiger partial charge in [0.15, 0.2) is 6.23 Å². The number of aliphatic imine (C=N–C) groups is 1. The number of nitrogens with one attached hydrogen (secondary N) is 1. The highest BCUT2D eigenvalue weighted by Gasteiger charge is 2.56. The number of likely N-dealkylation sites (tertiary alicyclic amines) is 1. The van der Waals surface area contributed by atoms with Crippen LogP contribution in [0.5, 0.6) is 0 Å². The average Bonchev–Trinajstić information content (AvgIpc) is 3.73. The predicted molar refractivity (Wildman–Crippen MR) is 184 cm³/mol. The highest BCUT2D eigenvalue weighted by molar-refractivity contribution is 6.03. The first-order valence-electron chi connectivity index (χ1n) is 16.8. The Morgan fingerprint density at radius 2 is 1.47 bits per heavy atom. The first kappa shape index (κ1) is 28.2. The van der Waals surface area contributed by atoms with Crippen LogP contribution in [0.4, 0.5) is 0 Å². The Morgan fingerprint density at radius 3 is 2.23 bits per heavy atom. The van der Waals surface area contributed by atoms with Gasteiger partial charge in [-0.05, 0) is 67.2 Å². The van der Waals surface area contributed by atoms with Crippen molar-refractivity contribution in [2.75, 3.05) is 7.05 Å². The third-order valence-corrected chi connectivity index (χ3v) is 10.7. The number of rotatable bonds is 5. The zero-order chi connectivity index (χ0) is 31.3. The van der Waals surface area contributed by atoms with Crippen molar-refractivity contribution < 1.29 is 4.74 Å². The molecule has 7 nitrogen and oxygen atoms in total. The molecule has 9 rings (SSSR count). The number of benzene rings is 2. The summed E-state index contributed by atoms with van der Waals surface area (Å²) >= 11 is 0. The molecule has 0 radical (unpaired) electrons. The molecule has 0 bridgehead atoms. The third-order valence-electron chi connectivity index (χ3n) is 10.7. The molecule has 7 heteroatoms. The lowest BCUT2D eigenvalue weighted by atomic mass is 9.77. The lowest BCUT2D eigenvalue weighted by molar-refractivity contribution is 0.0580. The largest absolute Gasteiger partial charge is 0.469 e. The summed E-state index contributed by atoms with van der Waals surface area (Å²) in [7, 11) is 2.21. The van der Waals surface area contributed by atoms with E-state index in [2.05, 4.69) is 129 Å². The van der Waals surface area contributed by atoms with Crippen molar-refractivity contribution in [1.29, 1.82) is 0 Å². The van der Waals surface area contributed by atoms with Gasteiger partial charge in [-0.15, -0.1) is 0 Å². The Balaban J connectivity index is 1.10. The van der Waals surface area contributed by atoms with Crippen LogP contribution in [0.2, 0.25) is 0 Å². The van der Waals surface area contributed by atoms with Crippen molar-refractivity contribution in [3.8, 4) is 11.1 Å². The molecule has 234 valence electrons. The van der Waals surface area contributed by atoms with E-state index in [-0.39, 0.29) is 12.4 Å². The summed E-state index contributed by atoms with van der Waals surface area (Å²) in [5.41, 5.74) is 8.00. The molecular formula is C40H38N6O. The first-order chi connectivity index (χ1) is 23.2. The number of aromatic nitrogens is 2. The molecule has 2 aromatic carbocycles. The third kappa shape index (κ3) is 4.88. The van der Waals surface area contributed by atoms with E-state index in [0.717, 1.165) is 53.9 Å². The van der Waals surface area contributed by atoms with E-state index in [1.807, 2.05) is 24.8 Å². The highest BCUT2D eigenvalue weighted by atomic mass is 16.5. The molecule has 0 spiro atoms. The summed E-state index contributed by atoms with van der Waals surface area (Å²) in [6, 6.07) is 28.4. The van der Waals surface area contributed by atoms with Gasteiger partial charge in [0.2, 0.25) is 0 Å². The number of ether oxygens (including phenoxy) is 1. The number of amidine groups is 1. The number of likely N-dealkylation sites (N-methyl/N-ethyl adjacent to an activating group) is 1. The van der Waals surface area contributed by atoms with Crippen LogP contribution in [0, 0.1) is 11.8 Å². The SMILES string of the molecule is CN1C(c2ccncc2)=NC(c2ccc(-c3ccncc3)cc2)=CC1N1C2CCC=CC2C2C3=C(CCC21)NC(c1ccccc1)O3. The van der Waals surface area contributed by atoms with Crippen LogP contribution in [0.1, 0.15) is 48.6 Å². The topological polar surface area (TPSA) is 65.9 Å². The second kappa shape index (κ2) is 11.7. The smallest absolute Gasteiger partial charge is 0.195 e. The van der Waals surface area contributed by atoms with Crippen molar-refractivity contribution in [2.24, 2.45) is 16.8 Å². The van der Waals surface area contributed by atoms with E-state index in [4.69, 9.17) is 9.73 Å². The standard InChI is InChI=1S/C40H38N6O/c1-45-36(25-33(43-39(45)29-19-23-42-24-20-29)28-13-11-26(12-14-28)27-17-21-41-22-18-27)46-34-10-6-5-9-31(34)37-35(46)16-15-32-38(37)47-40(44-32)30-7-3-2-4-8-30/h2-5,7-9,11-14,17-25,31,34-37,40,44H,6,10,15-16H2,1H3. The summed E-state index contributed by atoms with van der Waals surface area (Å²) in [6.45, 7) is 0. The van der Waals surface area contributed by atoms with E-state index in [9.17, 15) is 0 Å². The van der Waals surface area contributed by atoms with E-state index in [1.54, 1.807) is 0 Å². The zero-order valence-electron chi connectivity index (χ0n) is 26.5. The number of allylic oxidation sites excluding steroid dienone is 2. The fourth-order valence-electron chi connectivity index (χ4n) is 8.51. The molecule has 3 aliphatic heterocycles. The highest BCUT2D eigenvalue weighted by Crippen LogP contribution is 2.53. The van der Waals surface area contributed by atoms with Gasteiger partial charge >= 0.3 is 0 Å². The van der Waals surface area contributed by atoms with Gasteiger partial charge in [0.1, 0.15) is 17.8 Å². The number of nitrogens with zero attached hydrogens (tertiary/aromatic N) is 5. The first-order valence-corrected chi connectivity index (χ1v) is 16.8. The Kier molecular flexibility index (Phi) is 7.00. The molecule has 0 amide bonds. The van der Waals surface area contributed by atoms with Gasteiger partial charge < -0.3 is 15.0 Å². The van der Waals surface area contributed by atoms with Crippen molar-refractivity contribution in [2.45, 2.75) is 50.2 Å². The van der Waals surface area contributed by atoms with Crippen molar-refractivity contribution >= 4 is 11.5 Å². The molecule has 47 heavy (non-hydrogen) atoms. The van der Waals surface area contributed by atoms with Crippen LogP contribution in [0.15, 0.2) is 138 Å². The maximum atomic E-state index is 6.85. The van der Waals surface area contributed by atoms with E-state index in [0.29, 0.717) is 23.9 Å².